The van der Waals surface area contributed by atoms with Crippen LogP contribution in [0.25, 0.3) is 23.1 Å². The fraction of sp³-hybridized carbons (Fsp3) is 0. The third-order valence-corrected chi connectivity index (χ3v) is 7.40. The molecule has 0 saturated carbocycles. The third kappa shape index (κ3) is 1.71. The average Bonchev–Trinajstić information content (AvgIpc) is 2.52. The highest BCUT2D eigenvalue weighted by Gasteiger charge is 2.41. The molecule has 0 N–H and O–H groups in total. The van der Waals surface area contributed by atoms with E-state index >= 15 is 0 Å². The molecule has 2 heteroatoms. The second-order valence-electron chi connectivity index (χ2n) is 5.54. The zero-order valence-electron chi connectivity index (χ0n) is 12.3. The molecule has 0 amide bonds. The van der Waals surface area contributed by atoms with E-state index in [0.29, 0.717) is 0 Å². The fourth-order valence-electron chi connectivity index (χ4n) is 3.04. The summed E-state index contributed by atoms with van der Waals surface area (Å²) in [7, 11) is -2.39. The Morgan fingerprint density at radius 1 is 0.773 bits per heavy atom. The maximum atomic E-state index is 6.46. The quantitative estimate of drug-likeness (QED) is 0.706. The van der Waals surface area contributed by atoms with Crippen LogP contribution >= 0.6 is 0 Å². The molecule has 0 aromatic heterocycles. The lowest BCUT2D eigenvalue weighted by molar-refractivity contribution is 0.531. The fourth-order valence-corrected chi connectivity index (χ4v) is 5.49. The van der Waals surface area contributed by atoms with Gasteiger partial charge in [-0.15, -0.1) is 13.2 Å². The Morgan fingerprint density at radius 2 is 1.36 bits per heavy atom. The van der Waals surface area contributed by atoms with Crippen LogP contribution in [0.2, 0.25) is 0 Å². The largest absolute Gasteiger partial charge is 0.531 e. The average molecular weight is 300 g/mol. The highest BCUT2D eigenvalue weighted by atomic mass is 28.4. The van der Waals surface area contributed by atoms with E-state index in [9.17, 15) is 0 Å². The molecule has 22 heavy (non-hydrogen) atoms. The lowest BCUT2D eigenvalue weighted by atomic mass is 9.96. The Bertz CT molecular complexity index is 850. The molecule has 0 radical (unpaired) electrons. The Kier molecular flexibility index (Phi) is 2.81. The van der Waals surface area contributed by atoms with Crippen molar-refractivity contribution in [1.82, 2.24) is 0 Å². The highest BCUT2D eigenvalue weighted by molar-refractivity contribution is 7.01. The monoisotopic (exact) mass is 300 g/mol. The van der Waals surface area contributed by atoms with Gasteiger partial charge in [0.1, 0.15) is 5.76 Å². The molecule has 2 aliphatic rings. The van der Waals surface area contributed by atoms with Crippen molar-refractivity contribution in [2.45, 2.75) is 0 Å². The summed E-state index contributed by atoms with van der Waals surface area (Å²) in [6.07, 6.45) is 4.30. The van der Waals surface area contributed by atoms with E-state index in [-0.39, 0.29) is 0 Å². The Labute approximate surface area is 131 Å². The minimum atomic E-state index is -2.39. The van der Waals surface area contributed by atoms with Gasteiger partial charge in [0, 0.05) is 5.56 Å². The molecular weight excluding hydrogens is 284 g/mol. The van der Waals surface area contributed by atoms with Crippen LogP contribution < -0.4 is 0 Å². The maximum absolute atomic E-state index is 6.46. The van der Waals surface area contributed by atoms with Crippen LogP contribution in [0.1, 0.15) is 22.3 Å². The number of hydrogen-bond donors (Lipinski definition) is 0. The van der Waals surface area contributed by atoms with Crippen molar-refractivity contribution in [2.24, 2.45) is 0 Å². The lowest BCUT2D eigenvalue weighted by Crippen LogP contribution is -2.38. The van der Waals surface area contributed by atoms with Gasteiger partial charge in [0.25, 0.3) is 0 Å². The molecule has 0 atom stereocenters. The van der Waals surface area contributed by atoms with Crippen molar-refractivity contribution in [3.63, 3.8) is 0 Å². The van der Waals surface area contributed by atoms with Crippen LogP contribution in [0, 0.1) is 0 Å². The van der Waals surface area contributed by atoms with Crippen LogP contribution in [0.15, 0.2) is 73.1 Å². The maximum Gasteiger partial charge on any atom is 0.332 e. The van der Waals surface area contributed by atoms with Crippen molar-refractivity contribution in [2.75, 3.05) is 0 Å². The van der Waals surface area contributed by atoms with E-state index in [1.54, 1.807) is 0 Å². The number of hydrogen-bond acceptors (Lipinski definition) is 1. The minimum Gasteiger partial charge on any atom is -0.531 e. The first kappa shape index (κ1) is 13.1. The molecule has 1 nitrogen and oxygen atoms in total. The van der Waals surface area contributed by atoms with Gasteiger partial charge in [0.05, 0.1) is 0 Å². The first-order valence-corrected chi connectivity index (χ1v) is 9.42. The standard InChI is InChI=1S/C20H16OSi/c1-3-22(4-2,20-14-16-10-6-8-12-18(16)20)21-19-13-15-9-5-7-11-17(15)19/h3-14H,1-2H2. The van der Waals surface area contributed by atoms with Gasteiger partial charge in [-0.25, -0.2) is 0 Å². The van der Waals surface area contributed by atoms with E-state index in [0.717, 1.165) is 5.76 Å². The molecule has 2 aromatic carbocycles. The first-order valence-electron chi connectivity index (χ1n) is 7.36. The molecule has 0 spiro atoms. The van der Waals surface area contributed by atoms with Gasteiger partial charge in [-0.3, -0.25) is 0 Å². The number of fused-ring (bicyclic) bond motifs is 2. The first-order chi connectivity index (χ1) is 10.8. The zero-order chi connectivity index (χ0) is 15.2. The summed E-state index contributed by atoms with van der Waals surface area (Å²) >= 11 is 0. The van der Waals surface area contributed by atoms with Gasteiger partial charge in [0.2, 0.25) is 0 Å². The second kappa shape index (κ2) is 4.72. The SMILES string of the molecule is C=C[Si](C=C)(OC1=Cc2ccccc21)C1=Cc2ccccc21. The summed E-state index contributed by atoms with van der Waals surface area (Å²) in [5.74, 6) is 0.951. The van der Waals surface area contributed by atoms with E-state index in [1.165, 1.54) is 27.5 Å². The van der Waals surface area contributed by atoms with Crippen LogP contribution in [-0.2, 0) is 4.43 Å². The van der Waals surface area contributed by atoms with E-state index in [1.807, 2.05) is 23.5 Å². The summed E-state index contributed by atoms with van der Waals surface area (Å²) in [5.41, 5.74) is 8.87. The molecule has 4 rings (SSSR count). The van der Waals surface area contributed by atoms with Crippen LogP contribution in [-0.4, -0.2) is 8.32 Å². The van der Waals surface area contributed by atoms with Crippen molar-refractivity contribution in [3.05, 3.63) is 95.3 Å². The van der Waals surface area contributed by atoms with Gasteiger partial charge >= 0.3 is 8.32 Å². The van der Waals surface area contributed by atoms with Crippen LogP contribution in [0.4, 0.5) is 0 Å². The van der Waals surface area contributed by atoms with Gasteiger partial charge in [0.15, 0.2) is 0 Å². The molecule has 0 saturated heterocycles. The van der Waals surface area contributed by atoms with E-state index in [4.69, 9.17) is 4.43 Å². The van der Waals surface area contributed by atoms with Gasteiger partial charge in [-0.2, -0.15) is 0 Å². The zero-order valence-corrected chi connectivity index (χ0v) is 13.3. The predicted octanol–water partition coefficient (Wildman–Crippen LogP) is 5.00. The van der Waals surface area contributed by atoms with Crippen molar-refractivity contribution in [1.29, 1.82) is 0 Å². The summed E-state index contributed by atoms with van der Waals surface area (Å²) in [4.78, 5) is 0. The Hall–Kier alpha value is -2.58. The predicted molar refractivity (Wildman–Crippen MR) is 95.9 cm³/mol. The third-order valence-electron chi connectivity index (χ3n) is 4.37. The highest BCUT2D eigenvalue weighted by Crippen LogP contribution is 2.44. The lowest BCUT2D eigenvalue weighted by Gasteiger charge is -2.36. The van der Waals surface area contributed by atoms with Crippen molar-refractivity contribution in [3.8, 4) is 0 Å². The molecule has 0 aliphatic heterocycles. The molecule has 0 bridgehead atoms. The van der Waals surface area contributed by atoms with E-state index in [2.05, 4.69) is 61.7 Å². The summed E-state index contributed by atoms with van der Waals surface area (Å²) in [6, 6.07) is 16.7. The Morgan fingerprint density at radius 3 is 1.95 bits per heavy atom. The molecule has 2 aromatic rings. The second-order valence-corrected chi connectivity index (χ2v) is 8.69. The van der Waals surface area contributed by atoms with Crippen molar-refractivity contribution >= 4 is 31.4 Å². The molecule has 0 heterocycles. The van der Waals surface area contributed by atoms with Crippen LogP contribution in [0.5, 0.6) is 0 Å². The summed E-state index contributed by atoms with van der Waals surface area (Å²) in [6.45, 7) is 8.09. The summed E-state index contributed by atoms with van der Waals surface area (Å²) in [5, 5.41) is 1.25. The van der Waals surface area contributed by atoms with Gasteiger partial charge in [-0.1, -0.05) is 66.0 Å². The molecule has 2 aliphatic carbocycles. The van der Waals surface area contributed by atoms with Crippen molar-refractivity contribution < 1.29 is 4.43 Å². The summed E-state index contributed by atoms with van der Waals surface area (Å²) < 4.78 is 6.46. The van der Waals surface area contributed by atoms with E-state index < -0.39 is 8.32 Å². The number of benzene rings is 2. The van der Waals surface area contributed by atoms with Crippen LogP contribution in [0.3, 0.4) is 0 Å². The topological polar surface area (TPSA) is 9.23 Å². The molecule has 0 unspecified atom stereocenters. The molecule has 106 valence electrons. The van der Waals surface area contributed by atoms with Gasteiger partial charge < -0.3 is 4.43 Å². The smallest absolute Gasteiger partial charge is 0.332 e. The normalized spacial score (nSPS) is 14.4. The number of rotatable bonds is 5. The molecule has 0 fully saturated rings. The van der Waals surface area contributed by atoms with Gasteiger partial charge in [-0.05, 0) is 28.0 Å². The Balaban J connectivity index is 1.69. The molecular formula is C20H16OSi. The minimum absolute atomic E-state index is 0.951.